The third-order valence-electron chi connectivity index (χ3n) is 1.52. The van der Waals surface area contributed by atoms with Crippen LogP contribution >= 0.6 is 0 Å². The Morgan fingerprint density at radius 1 is 1.31 bits per heavy atom. The Morgan fingerprint density at radius 2 is 1.85 bits per heavy atom. The summed E-state index contributed by atoms with van der Waals surface area (Å²) in [6, 6.07) is 8.30. The third kappa shape index (κ3) is 2.40. The first-order valence-corrected chi connectivity index (χ1v) is 5.02. The first-order valence-electron chi connectivity index (χ1n) is 3.58. The minimum Gasteiger partial charge on any atom is -0.285 e. The van der Waals surface area contributed by atoms with Crippen LogP contribution in [0.15, 0.2) is 43.0 Å². The van der Waals surface area contributed by atoms with Crippen LogP contribution in [0.4, 0.5) is 0 Å². The molecule has 13 heavy (non-hydrogen) atoms. The van der Waals surface area contributed by atoms with Gasteiger partial charge in [0.05, 0.1) is 0 Å². The monoisotopic (exact) mass is 197 g/mol. The molecule has 1 aromatic rings. The lowest BCUT2D eigenvalue weighted by Crippen LogP contribution is -2.10. The molecular formula is C9H9O3S. The van der Waals surface area contributed by atoms with E-state index in [1.807, 2.05) is 0 Å². The van der Waals surface area contributed by atoms with Gasteiger partial charge in [0.15, 0.2) is 5.25 Å². The molecule has 1 aromatic carbocycles. The van der Waals surface area contributed by atoms with Gasteiger partial charge in [0.25, 0.3) is 10.1 Å². The van der Waals surface area contributed by atoms with Gasteiger partial charge in [0, 0.05) is 0 Å². The van der Waals surface area contributed by atoms with E-state index in [1.165, 1.54) is 0 Å². The molecule has 4 heteroatoms. The second-order valence-electron chi connectivity index (χ2n) is 2.41. The van der Waals surface area contributed by atoms with Crippen molar-refractivity contribution in [1.82, 2.24) is 0 Å². The van der Waals surface area contributed by atoms with Gasteiger partial charge in [-0.2, -0.15) is 8.42 Å². The minimum absolute atomic E-state index is 0.173. The Balaban J connectivity index is 3.13. The van der Waals surface area contributed by atoms with Gasteiger partial charge in [-0.25, -0.2) is 0 Å². The van der Waals surface area contributed by atoms with Crippen molar-refractivity contribution in [2.24, 2.45) is 0 Å². The molecule has 0 aliphatic heterocycles. The average Bonchev–Trinajstić information content (AvgIpc) is 2.05. The lowest BCUT2D eigenvalue weighted by Gasteiger charge is -2.06. The van der Waals surface area contributed by atoms with E-state index in [1.54, 1.807) is 30.3 Å². The van der Waals surface area contributed by atoms with Gasteiger partial charge in [-0.15, -0.1) is 6.58 Å². The Labute approximate surface area is 77.5 Å². The van der Waals surface area contributed by atoms with Crippen molar-refractivity contribution < 1.29 is 13.0 Å². The van der Waals surface area contributed by atoms with Gasteiger partial charge in [0.2, 0.25) is 0 Å². The quantitative estimate of drug-likeness (QED) is 0.749. The zero-order valence-corrected chi connectivity index (χ0v) is 7.66. The van der Waals surface area contributed by atoms with Crippen LogP contribution in [0.25, 0.3) is 0 Å². The van der Waals surface area contributed by atoms with Crippen molar-refractivity contribution >= 4 is 10.1 Å². The van der Waals surface area contributed by atoms with Crippen LogP contribution in [-0.4, -0.2) is 13.0 Å². The number of benzene rings is 1. The first kappa shape index (κ1) is 9.95. The molecule has 1 rings (SSSR count). The van der Waals surface area contributed by atoms with Gasteiger partial charge in [-0.05, 0) is 5.56 Å². The van der Waals surface area contributed by atoms with Crippen LogP contribution in [-0.2, 0) is 10.1 Å². The predicted molar refractivity (Wildman–Crippen MR) is 50.5 cm³/mol. The molecule has 0 aliphatic carbocycles. The maximum atomic E-state index is 10.8. The van der Waals surface area contributed by atoms with Crippen molar-refractivity contribution in [2.75, 3.05) is 0 Å². The van der Waals surface area contributed by atoms with E-state index in [0.29, 0.717) is 5.56 Å². The van der Waals surface area contributed by atoms with Crippen molar-refractivity contribution in [1.29, 1.82) is 0 Å². The van der Waals surface area contributed by atoms with Crippen LogP contribution in [0, 0.1) is 5.25 Å². The number of hydrogen-bond acceptors (Lipinski definition) is 2. The zero-order chi connectivity index (χ0) is 9.90. The highest BCUT2D eigenvalue weighted by Crippen LogP contribution is 2.20. The summed E-state index contributed by atoms with van der Waals surface area (Å²) in [6.07, 6.45) is 1.12. The van der Waals surface area contributed by atoms with Crippen LogP contribution in [0.3, 0.4) is 0 Å². The summed E-state index contributed by atoms with van der Waals surface area (Å²) in [5.74, 6) is 0. The van der Waals surface area contributed by atoms with E-state index in [9.17, 15) is 8.42 Å². The summed E-state index contributed by atoms with van der Waals surface area (Å²) in [4.78, 5) is 0. The minimum atomic E-state index is -4.17. The summed E-state index contributed by atoms with van der Waals surface area (Å²) < 4.78 is 30.4. The van der Waals surface area contributed by atoms with Gasteiger partial charge in [-0.1, -0.05) is 36.4 Å². The fourth-order valence-electron chi connectivity index (χ4n) is 0.975. The van der Waals surface area contributed by atoms with Crippen LogP contribution in [0.5, 0.6) is 0 Å². The molecule has 1 N–H and O–H groups in total. The molecule has 0 saturated heterocycles. The standard InChI is InChI=1S/C9H9O3S/c1-2-9(13(10,11)12)8-6-4-3-5-7-8/h2-7H,1H2,(H,10,11,12). The van der Waals surface area contributed by atoms with Gasteiger partial charge in [0.1, 0.15) is 0 Å². The maximum Gasteiger partial charge on any atom is 0.280 e. The molecule has 69 valence electrons. The fraction of sp³-hybridized carbons (Fsp3) is 0. The molecule has 0 atom stereocenters. The molecule has 1 radical (unpaired) electrons. The van der Waals surface area contributed by atoms with Crippen molar-refractivity contribution in [3.63, 3.8) is 0 Å². The molecule has 0 saturated carbocycles. The van der Waals surface area contributed by atoms with E-state index < -0.39 is 10.1 Å². The molecule has 0 spiro atoms. The molecule has 0 fully saturated rings. The lowest BCUT2D eigenvalue weighted by atomic mass is 10.1. The SMILES string of the molecule is C=C[C](c1ccccc1)S(=O)(=O)O. The van der Waals surface area contributed by atoms with Crippen LogP contribution < -0.4 is 0 Å². The molecular weight excluding hydrogens is 188 g/mol. The first-order chi connectivity index (χ1) is 6.05. The summed E-state index contributed by atoms with van der Waals surface area (Å²) in [7, 11) is -4.17. The number of rotatable bonds is 3. The molecule has 0 amide bonds. The third-order valence-corrected chi connectivity index (χ3v) is 2.48. The predicted octanol–water partition coefficient (Wildman–Crippen LogP) is 1.64. The second kappa shape index (κ2) is 3.72. The summed E-state index contributed by atoms with van der Waals surface area (Å²) >= 11 is 0. The van der Waals surface area contributed by atoms with Gasteiger partial charge >= 0.3 is 0 Å². The largest absolute Gasteiger partial charge is 0.285 e. The van der Waals surface area contributed by atoms with Crippen molar-refractivity contribution in [3.05, 3.63) is 53.8 Å². The van der Waals surface area contributed by atoms with E-state index >= 15 is 0 Å². The van der Waals surface area contributed by atoms with Crippen molar-refractivity contribution in [2.45, 2.75) is 0 Å². The number of hydrogen-bond donors (Lipinski definition) is 1. The van der Waals surface area contributed by atoms with E-state index in [-0.39, 0.29) is 5.25 Å². The molecule has 0 bridgehead atoms. The Bertz CT molecular complexity index is 381. The fourth-order valence-corrected chi connectivity index (χ4v) is 1.62. The topological polar surface area (TPSA) is 54.4 Å². The van der Waals surface area contributed by atoms with E-state index in [4.69, 9.17) is 4.55 Å². The normalized spacial score (nSPS) is 11.5. The summed E-state index contributed by atoms with van der Waals surface area (Å²) in [6.45, 7) is 3.33. The van der Waals surface area contributed by atoms with E-state index in [2.05, 4.69) is 6.58 Å². The second-order valence-corrected chi connectivity index (χ2v) is 3.80. The van der Waals surface area contributed by atoms with Gasteiger partial charge in [-0.3, -0.25) is 4.55 Å². The Kier molecular flexibility index (Phi) is 2.85. The molecule has 0 heterocycles. The summed E-state index contributed by atoms with van der Waals surface area (Å²) in [5, 5.41) is -0.173. The van der Waals surface area contributed by atoms with Crippen LogP contribution in [0.2, 0.25) is 0 Å². The maximum absolute atomic E-state index is 10.8. The molecule has 3 nitrogen and oxygen atoms in total. The highest BCUT2D eigenvalue weighted by molar-refractivity contribution is 7.89. The molecule has 0 aromatic heterocycles. The van der Waals surface area contributed by atoms with Crippen molar-refractivity contribution in [3.8, 4) is 0 Å². The van der Waals surface area contributed by atoms with Gasteiger partial charge < -0.3 is 0 Å². The lowest BCUT2D eigenvalue weighted by molar-refractivity contribution is 0.488. The van der Waals surface area contributed by atoms with Crippen LogP contribution in [0.1, 0.15) is 5.56 Å². The smallest absolute Gasteiger partial charge is 0.280 e. The Morgan fingerprint density at radius 3 is 2.23 bits per heavy atom. The molecule has 0 unspecified atom stereocenters. The molecule has 0 aliphatic rings. The zero-order valence-electron chi connectivity index (χ0n) is 6.84. The summed E-state index contributed by atoms with van der Waals surface area (Å²) in [5.41, 5.74) is 0.431. The highest BCUT2D eigenvalue weighted by Gasteiger charge is 2.22. The average molecular weight is 197 g/mol. The van der Waals surface area contributed by atoms with E-state index in [0.717, 1.165) is 6.08 Å². The highest BCUT2D eigenvalue weighted by atomic mass is 32.2. The Hall–Kier alpha value is -1.13.